The van der Waals surface area contributed by atoms with Gasteiger partial charge in [0.15, 0.2) is 6.61 Å². The number of rotatable bonds is 13. The molecule has 4 rings (SSSR count). The van der Waals surface area contributed by atoms with Crippen molar-refractivity contribution in [2.75, 3.05) is 74.8 Å². The standard InChI is InChI=1S/C31H38N4O5/c1-3-39-21-9-16-32-31(37)26-22-24(33-30(36)23-40-25-10-5-4-6-11-25)14-15-27(26)34-17-19-35(20-18-34)28-12-7-8-13-29(28)38-2/h4-8,10-15,22H,3,9,16-21,23H2,1-2H3,(H,32,37)(H,33,36). The monoisotopic (exact) mass is 546 g/mol. The summed E-state index contributed by atoms with van der Waals surface area (Å²) >= 11 is 0. The number of hydrogen-bond acceptors (Lipinski definition) is 7. The molecule has 9 nitrogen and oxygen atoms in total. The van der Waals surface area contributed by atoms with Crippen molar-refractivity contribution in [3.05, 3.63) is 78.4 Å². The van der Waals surface area contributed by atoms with Gasteiger partial charge in [-0.1, -0.05) is 30.3 Å². The summed E-state index contributed by atoms with van der Waals surface area (Å²) in [7, 11) is 1.68. The van der Waals surface area contributed by atoms with E-state index in [1.54, 1.807) is 25.3 Å². The Morgan fingerprint density at radius 1 is 0.875 bits per heavy atom. The van der Waals surface area contributed by atoms with Gasteiger partial charge in [-0.05, 0) is 55.8 Å². The molecule has 0 spiro atoms. The molecule has 1 fully saturated rings. The summed E-state index contributed by atoms with van der Waals surface area (Å²) in [5.74, 6) is 0.979. The van der Waals surface area contributed by atoms with Crippen molar-refractivity contribution in [2.45, 2.75) is 13.3 Å². The van der Waals surface area contributed by atoms with Crippen molar-refractivity contribution in [1.82, 2.24) is 5.32 Å². The van der Waals surface area contributed by atoms with Crippen molar-refractivity contribution < 1.29 is 23.8 Å². The largest absolute Gasteiger partial charge is 0.495 e. The van der Waals surface area contributed by atoms with Gasteiger partial charge >= 0.3 is 0 Å². The third-order valence-corrected chi connectivity index (χ3v) is 6.64. The van der Waals surface area contributed by atoms with E-state index in [4.69, 9.17) is 14.2 Å². The SMILES string of the molecule is CCOCCCNC(=O)c1cc(NC(=O)COc2ccccc2)ccc1N1CCN(c2ccccc2OC)CC1. The third kappa shape index (κ3) is 7.89. The Morgan fingerprint density at radius 2 is 1.57 bits per heavy atom. The van der Waals surface area contributed by atoms with Gasteiger partial charge in [-0.15, -0.1) is 0 Å². The van der Waals surface area contributed by atoms with Crippen molar-refractivity contribution >= 4 is 28.9 Å². The molecule has 3 aromatic rings. The van der Waals surface area contributed by atoms with Gasteiger partial charge in [0.2, 0.25) is 0 Å². The van der Waals surface area contributed by atoms with Gasteiger partial charge in [0.1, 0.15) is 11.5 Å². The van der Waals surface area contributed by atoms with Gasteiger partial charge < -0.3 is 34.6 Å². The van der Waals surface area contributed by atoms with E-state index >= 15 is 0 Å². The first-order chi connectivity index (χ1) is 19.6. The highest BCUT2D eigenvalue weighted by Crippen LogP contribution is 2.31. The first kappa shape index (κ1) is 28.8. The predicted octanol–water partition coefficient (Wildman–Crippen LogP) is 4.20. The van der Waals surface area contributed by atoms with Gasteiger partial charge in [0.05, 0.1) is 18.4 Å². The van der Waals surface area contributed by atoms with E-state index in [1.165, 1.54) is 0 Å². The lowest BCUT2D eigenvalue weighted by molar-refractivity contribution is -0.118. The minimum absolute atomic E-state index is 0.129. The van der Waals surface area contributed by atoms with Gasteiger partial charge in [0.25, 0.3) is 11.8 Å². The lowest BCUT2D eigenvalue weighted by Crippen LogP contribution is -2.47. The molecule has 3 aromatic carbocycles. The molecule has 1 saturated heterocycles. The van der Waals surface area contributed by atoms with Crippen LogP contribution >= 0.6 is 0 Å². The summed E-state index contributed by atoms with van der Waals surface area (Å²) in [5.41, 5.74) is 2.95. The van der Waals surface area contributed by atoms with E-state index in [0.29, 0.717) is 36.8 Å². The zero-order valence-electron chi connectivity index (χ0n) is 23.2. The number of anilines is 3. The summed E-state index contributed by atoms with van der Waals surface area (Å²) < 4.78 is 16.5. The Bertz CT molecular complexity index is 1250. The van der Waals surface area contributed by atoms with Crippen molar-refractivity contribution in [2.24, 2.45) is 0 Å². The highest BCUT2D eigenvalue weighted by atomic mass is 16.5. The van der Waals surface area contributed by atoms with E-state index in [2.05, 4.69) is 26.5 Å². The molecule has 2 N–H and O–H groups in total. The van der Waals surface area contributed by atoms with Gasteiger partial charge in [0, 0.05) is 57.3 Å². The molecular weight excluding hydrogens is 508 g/mol. The summed E-state index contributed by atoms with van der Waals surface area (Å²) in [4.78, 5) is 30.4. The van der Waals surface area contributed by atoms with Gasteiger partial charge in [-0.25, -0.2) is 0 Å². The fourth-order valence-corrected chi connectivity index (χ4v) is 4.63. The molecule has 2 amide bonds. The van der Waals surface area contributed by atoms with Crippen molar-refractivity contribution in [1.29, 1.82) is 0 Å². The molecule has 0 aromatic heterocycles. The average molecular weight is 547 g/mol. The minimum atomic E-state index is -0.301. The Balaban J connectivity index is 1.45. The maximum absolute atomic E-state index is 13.3. The number of piperazine rings is 1. The molecule has 9 heteroatoms. The number of amides is 2. The molecule has 0 atom stereocenters. The van der Waals surface area contributed by atoms with E-state index in [1.807, 2.05) is 55.5 Å². The summed E-state index contributed by atoms with van der Waals surface area (Å²) in [5, 5.41) is 5.86. The molecule has 0 saturated carbocycles. The highest BCUT2D eigenvalue weighted by Gasteiger charge is 2.24. The van der Waals surface area contributed by atoms with Gasteiger partial charge in [-0.2, -0.15) is 0 Å². The Kier molecular flexibility index (Phi) is 10.6. The number of methoxy groups -OCH3 is 1. The lowest BCUT2D eigenvalue weighted by atomic mass is 10.1. The van der Waals surface area contributed by atoms with Crippen LogP contribution in [0.4, 0.5) is 17.1 Å². The second kappa shape index (κ2) is 14.8. The molecular formula is C31H38N4O5. The maximum atomic E-state index is 13.3. The topological polar surface area (TPSA) is 92.4 Å². The van der Waals surface area contributed by atoms with Crippen LogP contribution in [0.25, 0.3) is 0 Å². The van der Waals surface area contributed by atoms with Crippen LogP contribution in [-0.2, 0) is 9.53 Å². The third-order valence-electron chi connectivity index (χ3n) is 6.64. The summed E-state index contributed by atoms with van der Waals surface area (Å²) in [6.45, 7) is 6.59. The molecule has 0 bridgehead atoms. The predicted molar refractivity (Wildman–Crippen MR) is 158 cm³/mol. The van der Waals surface area contributed by atoms with E-state index in [9.17, 15) is 9.59 Å². The fourth-order valence-electron chi connectivity index (χ4n) is 4.63. The molecule has 1 aliphatic rings. The number of carbonyl (C=O) groups excluding carboxylic acids is 2. The second-order valence-electron chi connectivity index (χ2n) is 9.33. The lowest BCUT2D eigenvalue weighted by Gasteiger charge is -2.38. The molecule has 212 valence electrons. The maximum Gasteiger partial charge on any atom is 0.262 e. The second-order valence-corrected chi connectivity index (χ2v) is 9.33. The summed E-state index contributed by atoms with van der Waals surface area (Å²) in [6, 6.07) is 22.6. The molecule has 0 radical (unpaired) electrons. The van der Waals surface area contributed by atoms with E-state index in [0.717, 1.165) is 49.7 Å². The van der Waals surface area contributed by atoms with Crippen LogP contribution in [0.2, 0.25) is 0 Å². The van der Waals surface area contributed by atoms with Crippen LogP contribution in [0.15, 0.2) is 72.8 Å². The van der Waals surface area contributed by atoms with Crippen molar-refractivity contribution in [3.8, 4) is 11.5 Å². The molecule has 1 heterocycles. The minimum Gasteiger partial charge on any atom is -0.495 e. The van der Waals surface area contributed by atoms with Crippen LogP contribution in [0.3, 0.4) is 0 Å². The van der Waals surface area contributed by atoms with Crippen LogP contribution in [0.1, 0.15) is 23.7 Å². The number of nitrogens with zero attached hydrogens (tertiary/aromatic N) is 2. The first-order valence-corrected chi connectivity index (χ1v) is 13.7. The molecule has 40 heavy (non-hydrogen) atoms. The normalized spacial score (nSPS) is 13.1. The quantitative estimate of drug-likeness (QED) is 0.311. The fraction of sp³-hybridized carbons (Fsp3) is 0.355. The van der Waals surface area contributed by atoms with Crippen molar-refractivity contribution in [3.63, 3.8) is 0 Å². The van der Waals surface area contributed by atoms with Crippen LogP contribution < -0.4 is 29.9 Å². The first-order valence-electron chi connectivity index (χ1n) is 13.7. The molecule has 0 aliphatic carbocycles. The number of para-hydroxylation sites is 3. The van der Waals surface area contributed by atoms with E-state index in [-0.39, 0.29) is 18.4 Å². The summed E-state index contributed by atoms with van der Waals surface area (Å²) in [6.07, 6.45) is 0.722. The number of carbonyl (C=O) groups is 2. The Hall–Kier alpha value is -4.24. The van der Waals surface area contributed by atoms with E-state index < -0.39 is 0 Å². The average Bonchev–Trinajstić information content (AvgIpc) is 3.00. The zero-order chi connectivity index (χ0) is 28.2. The van der Waals surface area contributed by atoms with Crippen LogP contribution in [-0.4, -0.2) is 71.5 Å². The number of ether oxygens (including phenoxy) is 3. The Morgan fingerprint density at radius 3 is 2.30 bits per heavy atom. The number of benzene rings is 3. The highest BCUT2D eigenvalue weighted by molar-refractivity contribution is 6.02. The Labute approximate surface area is 236 Å². The smallest absolute Gasteiger partial charge is 0.262 e. The molecule has 0 unspecified atom stereocenters. The zero-order valence-corrected chi connectivity index (χ0v) is 23.2. The van der Waals surface area contributed by atoms with Gasteiger partial charge in [-0.3, -0.25) is 9.59 Å². The number of hydrogen-bond donors (Lipinski definition) is 2. The van der Waals surface area contributed by atoms with Crippen LogP contribution in [0.5, 0.6) is 11.5 Å². The molecule has 1 aliphatic heterocycles. The number of nitrogens with one attached hydrogen (secondary N) is 2. The van der Waals surface area contributed by atoms with Crippen LogP contribution in [0, 0.1) is 0 Å².